The predicted octanol–water partition coefficient (Wildman–Crippen LogP) is 3.80. The van der Waals surface area contributed by atoms with Crippen LogP contribution < -0.4 is 4.74 Å². The van der Waals surface area contributed by atoms with Gasteiger partial charge in [-0.2, -0.15) is 0 Å². The zero-order chi connectivity index (χ0) is 12.4. The van der Waals surface area contributed by atoms with Crippen LogP contribution in [0.15, 0.2) is 48.8 Å². The lowest BCUT2D eigenvalue weighted by Gasteiger charge is -2.08. The third-order valence-corrected chi connectivity index (χ3v) is 3.01. The smallest absolute Gasteiger partial charge is 0.140 e. The first-order chi connectivity index (χ1) is 8.83. The highest BCUT2D eigenvalue weighted by Crippen LogP contribution is 2.29. The van der Waals surface area contributed by atoms with Gasteiger partial charge in [0.05, 0.1) is 22.4 Å². The quantitative estimate of drug-likeness (QED) is 0.776. The number of aromatic nitrogens is 2. The van der Waals surface area contributed by atoms with Crippen molar-refractivity contribution in [2.24, 2.45) is 0 Å². The van der Waals surface area contributed by atoms with E-state index in [1.165, 1.54) is 0 Å². The molecule has 0 atom stereocenters. The second kappa shape index (κ2) is 4.70. The lowest BCUT2D eigenvalue weighted by atomic mass is 10.2. The normalized spacial score (nSPS) is 10.7. The Morgan fingerprint density at radius 2 is 2.00 bits per heavy atom. The van der Waals surface area contributed by atoms with Gasteiger partial charge in [-0.1, -0.05) is 41.9 Å². The maximum Gasteiger partial charge on any atom is 0.140 e. The Morgan fingerprint density at radius 1 is 1.17 bits per heavy atom. The summed E-state index contributed by atoms with van der Waals surface area (Å²) in [6, 6.07) is 13.6. The van der Waals surface area contributed by atoms with Crippen molar-refractivity contribution < 1.29 is 4.74 Å². The van der Waals surface area contributed by atoms with Crippen LogP contribution in [0.1, 0.15) is 5.56 Å². The van der Waals surface area contributed by atoms with E-state index in [4.69, 9.17) is 16.3 Å². The Labute approximate surface area is 109 Å². The van der Waals surface area contributed by atoms with Gasteiger partial charge in [0.2, 0.25) is 0 Å². The molecule has 18 heavy (non-hydrogen) atoms. The number of nitrogens with one attached hydrogen (secondary N) is 1. The average Bonchev–Trinajstić information content (AvgIpc) is 2.84. The lowest BCUT2D eigenvalue weighted by Crippen LogP contribution is -1.95. The van der Waals surface area contributed by atoms with Crippen LogP contribution in [0, 0.1) is 0 Å². The van der Waals surface area contributed by atoms with E-state index in [0.29, 0.717) is 17.4 Å². The summed E-state index contributed by atoms with van der Waals surface area (Å²) in [5, 5.41) is 0.586. The molecular formula is C14H11ClN2O. The van der Waals surface area contributed by atoms with E-state index in [1.54, 1.807) is 6.33 Å². The van der Waals surface area contributed by atoms with Gasteiger partial charge in [-0.25, -0.2) is 4.98 Å². The van der Waals surface area contributed by atoms with Crippen molar-refractivity contribution in [1.82, 2.24) is 9.97 Å². The van der Waals surface area contributed by atoms with Crippen LogP contribution in [0.2, 0.25) is 5.02 Å². The predicted molar refractivity (Wildman–Crippen MR) is 71.9 cm³/mol. The number of halogens is 1. The number of benzene rings is 2. The summed E-state index contributed by atoms with van der Waals surface area (Å²) in [5.41, 5.74) is 2.87. The Kier molecular flexibility index (Phi) is 2.90. The monoisotopic (exact) mass is 258 g/mol. The van der Waals surface area contributed by atoms with Gasteiger partial charge in [-0.05, 0) is 11.6 Å². The van der Waals surface area contributed by atoms with E-state index in [2.05, 4.69) is 9.97 Å². The standard InChI is InChI=1S/C14H11ClN2O/c15-11-6-12-13(17-9-16-12)7-14(11)18-8-10-4-2-1-3-5-10/h1-7,9H,8H2,(H,16,17). The van der Waals surface area contributed by atoms with Crippen molar-refractivity contribution in [3.8, 4) is 5.75 Å². The number of H-pyrrole nitrogens is 1. The minimum absolute atomic E-state index is 0.497. The number of imidazole rings is 1. The van der Waals surface area contributed by atoms with Gasteiger partial charge in [0, 0.05) is 6.07 Å². The van der Waals surface area contributed by atoms with Crippen molar-refractivity contribution in [2.45, 2.75) is 6.61 Å². The highest BCUT2D eigenvalue weighted by molar-refractivity contribution is 6.32. The van der Waals surface area contributed by atoms with Crippen LogP contribution in [-0.4, -0.2) is 9.97 Å². The Bertz CT molecular complexity index is 664. The second-order valence-corrected chi connectivity index (χ2v) is 4.38. The molecule has 0 aliphatic heterocycles. The summed E-state index contributed by atoms with van der Waals surface area (Å²) in [4.78, 5) is 7.19. The highest BCUT2D eigenvalue weighted by atomic mass is 35.5. The molecule has 0 saturated carbocycles. The van der Waals surface area contributed by atoms with Crippen LogP contribution in [0.4, 0.5) is 0 Å². The number of hydrogen-bond acceptors (Lipinski definition) is 2. The second-order valence-electron chi connectivity index (χ2n) is 3.98. The molecule has 0 saturated heterocycles. The van der Waals surface area contributed by atoms with Gasteiger partial charge in [0.25, 0.3) is 0 Å². The Hall–Kier alpha value is -2.00. The van der Waals surface area contributed by atoms with Gasteiger partial charge < -0.3 is 9.72 Å². The maximum absolute atomic E-state index is 6.15. The molecule has 0 fully saturated rings. The summed E-state index contributed by atoms with van der Waals surface area (Å²) in [5.74, 6) is 0.653. The number of rotatable bonds is 3. The molecule has 1 aromatic heterocycles. The summed E-state index contributed by atoms with van der Waals surface area (Å²) in [6.07, 6.45) is 1.64. The third-order valence-electron chi connectivity index (χ3n) is 2.71. The fourth-order valence-electron chi connectivity index (χ4n) is 1.78. The zero-order valence-electron chi connectivity index (χ0n) is 9.56. The number of ether oxygens (including phenoxy) is 1. The third kappa shape index (κ3) is 2.17. The van der Waals surface area contributed by atoms with E-state index in [1.807, 2.05) is 42.5 Å². The van der Waals surface area contributed by atoms with E-state index in [9.17, 15) is 0 Å². The molecule has 0 aliphatic carbocycles. The van der Waals surface area contributed by atoms with Gasteiger partial charge in [0.1, 0.15) is 12.4 Å². The number of fused-ring (bicyclic) bond motifs is 1. The Morgan fingerprint density at radius 3 is 2.83 bits per heavy atom. The van der Waals surface area contributed by atoms with Crippen LogP contribution in [-0.2, 0) is 6.61 Å². The number of nitrogens with zero attached hydrogens (tertiary/aromatic N) is 1. The Balaban J connectivity index is 1.84. The van der Waals surface area contributed by atoms with Gasteiger partial charge in [-0.15, -0.1) is 0 Å². The molecule has 0 spiro atoms. The molecule has 1 N–H and O–H groups in total. The van der Waals surface area contributed by atoms with Gasteiger partial charge in [0.15, 0.2) is 0 Å². The summed E-state index contributed by atoms with van der Waals surface area (Å²) < 4.78 is 5.71. The first kappa shape index (κ1) is 11.1. The van der Waals surface area contributed by atoms with E-state index in [-0.39, 0.29) is 0 Å². The van der Waals surface area contributed by atoms with Crippen LogP contribution >= 0.6 is 11.6 Å². The molecule has 0 bridgehead atoms. The topological polar surface area (TPSA) is 37.9 Å². The molecule has 0 radical (unpaired) electrons. The van der Waals surface area contributed by atoms with Crippen molar-refractivity contribution in [1.29, 1.82) is 0 Å². The van der Waals surface area contributed by atoms with Gasteiger partial charge in [-0.3, -0.25) is 0 Å². The molecule has 1 heterocycles. The summed E-state index contributed by atoms with van der Waals surface area (Å²) in [6.45, 7) is 0.497. The molecule has 3 rings (SSSR count). The molecule has 0 aliphatic rings. The first-order valence-electron chi connectivity index (χ1n) is 5.62. The van der Waals surface area contributed by atoms with Crippen LogP contribution in [0.25, 0.3) is 11.0 Å². The molecule has 4 heteroatoms. The van der Waals surface area contributed by atoms with Crippen LogP contribution in [0.5, 0.6) is 5.75 Å². The highest BCUT2D eigenvalue weighted by Gasteiger charge is 2.06. The largest absolute Gasteiger partial charge is 0.487 e. The fourth-order valence-corrected chi connectivity index (χ4v) is 2.00. The average molecular weight is 259 g/mol. The molecule has 0 amide bonds. The molecule has 90 valence electrons. The molecule has 2 aromatic carbocycles. The van der Waals surface area contributed by atoms with Crippen molar-refractivity contribution in [2.75, 3.05) is 0 Å². The fraction of sp³-hybridized carbons (Fsp3) is 0.0714. The van der Waals surface area contributed by atoms with Crippen molar-refractivity contribution in [3.05, 3.63) is 59.4 Å². The number of hydrogen-bond donors (Lipinski definition) is 1. The van der Waals surface area contributed by atoms with E-state index < -0.39 is 0 Å². The summed E-state index contributed by atoms with van der Waals surface area (Å²) >= 11 is 6.15. The molecular weight excluding hydrogens is 248 g/mol. The van der Waals surface area contributed by atoms with Crippen molar-refractivity contribution >= 4 is 22.6 Å². The zero-order valence-corrected chi connectivity index (χ0v) is 10.3. The lowest BCUT2D eigenvalue weighted by molar-refractivity contribution is 0.307. The van der Waals surface area contributed by atoms with E-state index in [0.717, 1.165) is 16.6 Å². The molecule has 0 unspecified atom stereocenters. The van der Waals surface area contributed by atoms with Crippen LogP contribution in [0.3, 0.4) is 0 Å². The summed E-state index contributed by atoms with van der Waals surface area (Å²) in [7, 11) is 0. The number of aromatic amines is 1. The minimum Gasteiger partial charge on any atom is -0.487 e. The maximum atomic E-state index is 6.15. The minimum atomic E-state index is 0.497. The molecule has 3 aromatic rings. The molecule has 3 nitrogen and oxygen atoms in total. The first-order valence-corrected chi connectivity index (χ1v) is 6.00. The van der Waals surface area contributed by atoms with Gasteiger partial charge >= 0.3 is 0 Å². The van der Waals surface area contributed by atoms with Crippen molar-refractivity contribution in [3.63, 3.8) is 0 Å². The SMILES string of the molecule is Clc1cc2[nH]cnc2cc1OCc1ccccc1. The van der Waals surface area contributed by atoms with E-state index >= 15 is 0 Å².